The van der Waals surface area contributed by atoms with E-state index in [4.69, 9.17) is 0 Å². The summed E-state index contributed by atoms with van der Waals surface area (Å²) in [7, 11) is 0. The van der Waals surface area contributed by atoms with Crippen molar-refractivity contribution < 1.29 is 0 Å². The molecular formula is C66H57N3. The quantitative estimate of drug-likeness (QED) is 0.158. The maximum Gasteiger partial charge on any atom is 0.0620 e. The predicted octanol–water partition coefficient (Wildman–Crippen LogP) is 18.9. The Morgan fingerprint density at radius 1 is 0.348 bits per heavy atom. The van der Waals surface area contributed by atoms with Crippen LogP contribution in [0.15, 0.2) is 182 Å². The van der Waals surface area contributed by atoms with Crippen molar-refractivity contribution in [2.45, 2.75) is 67.7 Å². The van der Waals surface area contributed by atoms with Gasteiger partial charge in [-0.15, -0.1) is 0 Å². The summed E-state index contributed by atoms with van der Waals surface area (Å²) in [5.41, 5.74) is 22.0. The third-order valence-corrected chi connectivity index (χ3v) is 14.5. The van der Waals surface area contributed by atoms with Crippen LogP contribution in [0.25, 0.3) is 70.8 Å². The van der Waals surface area contributed by atoms with Crippen molar-refractivity contribution in [3.05, 3.63) is 221 Å². The van der Waals surface area contributed by atoms with Gasteiger partial charge < -0.3 is 14.2 Å². The lowest BCUT2D eigenvalue weighted by Gasteiger charge is -2.28. The molecule has 0 bridgehead atoms. The minimum atomic E-state index is 0.0800. The van der Waals surface area contributed by atoms with Crippen LogP contribution in [-0.4, -0.2) is 4.40 Å². The molecule has 0 spiro atoms. The molecular weight excluding hydrogens is 835 g/mol. The van der Waals surface area contributed by atoms with E-state index in [0.29, 0.717) is 0 Å². The van der Waals surface area contributed by atoms with Gasteiger partial charge in [0.1, 0.15) is 0 Å². The normalized spacial score (nSPS) is 12.1. The first-order valence-corrected chi connectivity index (χ1v) is 24.4. The van der Waals surface area contributed by atoms with E-state index in [9.17, 15) is 0 Å². The molecule has 0 saturated carbocycles. The number of para-hydroxylation sites is 2. The second-order valence-corrected chi connectivity index (χ2v) is 20.8. The van der Waals surface area contributed by atoms with Gasteiger partial charge in [-0.1, -0.05) is 106 Å². The average molecular weight is 892 g/mol. The Morgan fingerprint density at radius 3 is 1.20 bits per heavy atom. The SMILES string of the molecule is Cc1cc(C)cc(N(c2ccc3cc4c5cc(-c6ccc(C(C)(C)C)cc6)cc6c7cc8ccc(N(c9cc(C)cc(C)c9)c9ccccc9C)cc8cc7n(c4cc3c2)c56)c2ccccc2C)c1. The number of benzene rings is 10. The largest absolute Gasteiger partial charge is 0.310 e. The number of hydrogen-bond donors (Lipinski definition) is 0. The third kappa shape index (κ3) is 7.19. The highest BCUT2D eigenvalue weighted by Crippen LogP contribution is 2.46. The Kier molecular flexibility index (Phi) is 9.76. The standard InChI is InChI=1S/C66H57N3/c1-40-26-41(2)29-55(28-40)67(61-16-12-10-14-44(61)5)53-24-20-47-34-57-59-36-51(46-18-22-52(23-19-46)66(7,8)9)37-60-58-35-48-21-25-54(33-50(48)39-64(58)69(65(59)60)63(57)38-49(47)32-53)68(62-17-13-11-15-45(62)6)56-30-42(3)27-43(4)31-56/h10-39H,1-9H3. The maximum absolute atomic E-state index is 2.56. The van der Waals surface area contributed by atoms with Gasteiger partial charge in [-0.05, 0) is 216 Å². The number of nitrogens with zero attached hydrogens (tertiary/aromatic N) is 3. The molecule has 12 rings (SSSR count). The van der Waals surface area contributed by atoms with Gasteiger partial charge in [0, 0.05) is 55.7 Å². The fourth-order valence-corrected chi connectivity index (χ4v) is 11.3. The van der Waals surface area contributed by atoms with Crippen LogP contribution >= 0.6 is 0 Å². The minimum Gasteiger partial charge on any atom is -0.310 e. The molecule has 336 valence electrons. The highest BCUT2D eigenvalue weighted by atomic mass is 15.1. The first kappa shape index (κ1) is 42.5. The second-order valence-electron chi connectivity index (χ2n) is 20.8. The van der Waals surface area contributed by atoms with Gasteiger partial charge in [-0.25, -0.2) is 0 Å². The molecule has 0 aliphatic heterocycles. The van der Waals surface area contributed by atoms with E-state index in [1.165, 1.54) is 132 Å². The molecule has 12 aromatic rings. The molecule has 0 atom stereocenters. The smallest absolute Gasteiger partial charge is 0.0620 e. The first-order valence-electron chi connectivity index (χ1n) is 24.4. The molecule has 0 aliphatic rings. The highest BCUT2D eigenvalue weighted by molar-refractivity contribution is 6.27. The summed E-state index contributed by atoms with van der Waals surface area (Å²) in [5, 5.41) is 9.96. The zero-order chi connectivity index (χ0) is 47.5. The molecule has 2 heterocycles. The molecule has 10 aromatic carbocycles. The van der Waals surface area contributed by atoms with E-state index in [0.717, 1.165) is 11.4 Å². The monoisotopic (exact) mass is 891 g/mol. The number of hydrogen-bond acceptors (Lipinski definition) is 2. The Hall–Kier alpha value is -7.88. The van der Waals surface area contributed by atoms with Crippen molar-refractivity contribution in [2.75, 3.05) is 9.80 Å². The zero-order valence-corrected chi connectivity index (χ0v) is 41.2. The van der Waals surface area contributed by atoms with Gasteiger partial charge in [0.2, 0.25) is 0 Å². The van der Waals surface area contributed by atoms with E-state index < -0.39 is 0 Å². The van der Waals surface area contributed by atoms with Crippen molar-refractivity contribution in [1.29, 1.82) is 0 Å². The molecule has 0 radical (unpaired) electrons. The van der Waals surface area contributed by atoms with Crippen LogP contribution in [0, 0.1) is 41.5 Å². The third-order valence-electron chi connectivity index (χ3n) is 14.5. The lowest BCUT2D eigenvalue weighted by atomic mass is 9.86. The maximum atomic E-state index is 2.56. The van der Waals surface area contributed by atoms with Crippen molar-refractivity contribution in [3.63, 3.8) is 0 Å². The molecule has 3 heteroatoms. The highest BCUT2D eigenvalue weighted by Gasteiger charge is 2.23. The number of fused-ring (bicyclic) bond motifs is 8. The van der Waals surface area contributed by atoms with Crippen molar-refractivity contribution in [2.24, 2.45) is 0 Å². The summed E-state index contributed by atoms with van der Waals surface area (Å²) < 4.78 is 2.56. The van der Waals surface area contributed by atoms with E-state index >= 15 is 0 Å². The Labute approximate surface area is 405 Å². The lowest BCUT2D eigenvalue weighted by molar-refractivity contribution is 0.590. The van der Waals surface area contributed by atoms with Crippen LogP contribution in [0.1, 0.15) is 59.7 Å². The number of aromatic nitrogens is 1. The predicted molar refractivity (Wildman–Crippen MR) is 298 cm³/mol. The summed E-state index contributed by atoms with van der Waals surface area (Å²) in [4.78, 5) is 4.86. The number of rotatable bonds is 7. The van der Waals surface area contributed by atoms with Crippen LogP contribution in [0.3, 0.4) is 0 Å². The van der Waals surface area contributed by atoms with Gasteiger partial charge in [0.05, 0.1) is 16.6 Å². The van der Waals surface area contributed by atoms with Crippen LogP contribution in [0.4, 0.5) is 34.1 Å². The van der Waals surface area contributed by atoms with Gasteiger partial charge >= 0.3 is 0 Å². The Bertz CT molecular complexity index is 3740. The van der Waals surface area contributed by atoms with E-state index in [1.54, 1.807) is 0 Å². The van der Waals surface area contributed by atoms with Crippen molar-refractivity contribution in [3.8, 4) is 11.1 Å². The first-order chi connectivity index (χ1) is 33.2. The summed E-state index contributed by atoms with van der Waals surface area (Å²) in [6.07, 6.45) is 0. The lowest BCUT2D eigenvalue weighted by Crippen LogP contribution is -2.11. The topological polar surface area (TPSA) is 10.9 Å². The molecule has 0 fully saturated rings. The molecule has 0 saturated heterocycles. The molecule has 3 nitrogen and oxygen atoms in total. The van der Waals surface area contributed by atoms with Crippen LogP contribution in [0.5, 0.6) is 0 Å². The van der Waals surface area contributed by atoms with E-state index in [2.05, 4.69) is 259 Å². The van der Waals surface area contributed by atoms with Crippen LogP contribution in [-0.2, 0) is 5.41 Å². The molecule has 2 aromatic heterocycles. The molecule has 0 N–H and O–H groups in total. The molecule has 69 heavy (non-hydrogen) atoms. The van der Waals surface area contributed by atoms with Gasteiger partial charge in [0.15, 0.2) is 0 Å². The fraction of sp³-hybridized carbons (Fsp3) is 0.152. The van der Waals surface area contributed by atoms with E-state index in [-0.39, 0.29) is 5.41 Å². The van der Waals surface area contributed by atoms with Crippen LogP contribution < -0.4 is 9.80 Å². The van der Waals surface area contributed by atoms with Crippen molar-refractivity contribution in [1.82, 2.24) is 4.40 Å². The molecule has 0 amide bonds. The minimum absolute atomic E-state index is 0.0800. The van der Waals surface area contributed by atoms with E-state index in [1.807, 2.05) is 0 Å². The summed E-state index contributed by atoms with van der Waals surface area (Å²) in [5.74, 6) is 0. The number of aryl methyl sites for hydroxylation is 6. The Balaban J connectivity index is 1.12. The van der Waals surface area contributed by atoms with Gasteiger partial charge in [-0.3, -0.25) is 0 Å². The van der Waals surface area contributed by atoms with Crippen LogP contribution in [0.2, 0.25) is 0 Å². The molecule has 0 unspecified atom stereocenters. The number of anilines is 6. The average Bonchev–Trinajstić information content (AvgIpc) is 3.81. The Morgan fingerprint density at radius 2 is 0.783 bits per heavy atom. The van der Waals surface area contributed by atoms with Crippen molar-refractivity contribution >= 4 is 93.8 Å². The van der Waals surface area contributed by atoms with Gasteiger partial charge in [-0.2, -0.15) is 0 Å². The second kappa shape index (κ2) is 15.9. The van der Waals surface area contributed by atoms with Gasteiger partial charge in [0.25, 0.3) is 0 Å². The zero-order valence-electron chi connectivity index (χ0n) is 41.2. The summed E-state index contributed by atoms with van der Waals surface area (Å²) in [6.45, 7) is 20.0. The summed E-state index contributed by atoms with van der Waals surface area (Å²) in [6, 6.07) is 69.1. The molecule has 0 aliphatic carbocycles. The summed E-state index contributed by atoms with van der Waals surface area (Å²) >= 11 is 0. The fourth-order valence-electron chi connectivity index (χ4n) is 11.3.